The zero-order valence-corrected chi connectivity index (χ0v) is 12.6. The van der Waals surface area contributed by atoms with Gasteiger partial charge in [0.1, 0.15) is 11.1 Å². The lowest BCUT2D eigenvalue weighted by Crippen LogP contribution is -2.54. The average molecular weight is 300 g/mol. The van der Waals surface area contributed by atoms with E-state index in [1.807, 2.05) is 0 Å². The summed E-state index contributed by atoms with van der Waals surface area (Å²) in [6.45, 7) is 7.86. The van der Waals surface area contributed by atoms with Crippen molar-refractivity contribution < 1.29 is 29.4 Å². The minimum atomic E-state index is -1.43. The Labute approximate surface area is 122 Å². The van der Waals surface area contributed by atoms with Gasteiger partial charge >= 0.3 is 12.1 Å². The molecule has 8 heteroatoms. The second-order valence-corrected chi connectivity index (χ2v) is 5.97. The van der Waals surface area contributed by atoms with Crippen LogP contribution >= 0.6 is 0 Å². The maximum absolute atomic E-state index is 12.0. The highest BCUT2D eigenvalue weighted by Gasteiger charge is 2.34. The summed E-state index contributed by atoms with van der Waals surface area (Å²) in [5, 5.41) is 21.1. The molecular weight excluding hydrogens is 280 g/mol. The molecule has 1 aromatic rings. The highest BCUT2D eigenvalue weighted by Crippen LogP contribution is 2.20. The summed E-state index contributed by atoms with van der Waals surface area (Å²) in [5.74, 6) is -1.79. The lowest BCUT2D eigenvalue weighted by Gasteiger charge is -2.26. The van der Waals surface area contributed by atoms with Gasteiger partial charge < -0.3 is 25.1 Å². The maximum Gasteiger partial charge on any atom is 0.408 e. The van der Waals surface area contributed by atoms with Gasteiger partial charge in [-0.25, -0.2) is 9.59 Å². The Kier molecular flexibility index (Phi) is 4.40. The maximum atomic E-state index is 12.0. The van der Waals surface area contributed by atoms with Crippen LogP contribution in [-0.2, 0) is 9.53 Å². The molecule has 0 aliphatic rings. The van der Waals surface area contributed by atoms with Crippen molar-refractivity contribution in [2.45, 2.75) is 45.8 Å². The Bertz CT molecular complexity index is 522. The fourth-order valence-corrected chi connectivity index (χ4v) is 1.30. The Hall–Kier alpha value is -2.38. The number of carbonyl (C=O) groups excluding carboxylic acids is 2. The van der Waals surface area contributed by atoms with Crippen molar-refractivity contribution in [3.05, 3.63) is 12.1 Å². The molecule has 0 spiro atoms. The number of hydrogen-bond donors (Lipinski definition) is 3. The molecule has 0 fully saturated rings. The van der Waals surface area contributed by atoms with E-state index in [0.29, 0.717) is 4.73 Å². The number of hydrogen-bond acceptors (Lipinski definition) is 6. The summed E-state index contributed by atoms with van der Waals surface area (Å²) in [7, 11) is 0. The lowest BCUT2D eigenvalue weighted by atomic mass is 10.1. The predicted octanol–water partition coefficient (Wildman–Crippen LogP) is 1.16. The van der Waals surface area contributed by atoms with Gasteiger partial charge in [-0.3, -0.25) is 0 Å². The van der Waals surface area contributed by atoms with E-state index in [2.05, 4.69) is 5.32 Å². The zero-order chi connectivity index (χ0) is 16.4. The van der Waals surface area contributed by atoms with Crippen LogP contribution in [0.4, 0.5) is 4.79 Å². The minimum absolute atomic E-state index is 0.450. The molecule has 1 aromatic heterocycles. The van der Waals surface area contributed by atoms with Crippen molar-refractivity contribution in [1.29, 1.82) is 0 Å². The van der Waals surface area contributed by atoms with E-state index in [-0.39, 0.29) is 0 Å². The first-order valence-electron chi connectivity index (χ1n) is 6.26. The molecular formula is C13H20N2O6. The summed E-state index contributed by atoms with van der Waals surface area (Å²) < 4.78 is 5.59. The molecule has 1 amide bonds. The molecule has 0 radical (unpaired) electrons. The van der Waals surface area contributed by atoms with Crippen LogP contribution < -0.4 is 10.2 Å². The second kappa shape index (κ2) is 5.55. The Morgan fingerprint density at radius 1 is 1.10 bits per heavy atom. The summed E-state index contributed by atoms with van der Waals surface area (Å²) in [6, 6.07) is 2.30. The summed E-state index contributed by atoms with van der Waals surface area (Å²) >= 11 is 0. The largest absolute Gasteiger partial charge is 0.492 e. The van der Waals surface area contributed by atoms with Crippen molar-refractivity contribution in [2.24, 2.45) is 0 Å². The van der Waals surface area contributed by atoms with Gasteiger partial charge in [0.05, 0.1) is 0 Å². The van der Waals surface area contributed by atoms with E-state index in [1.54, 1.807) is 20.8 Å². The normalized spacial score (nSPS) is 11.9. The number of carbonyl (C=O) groups is 2. The fraction of sp³-hybridized carbons (Fsp3) is 0.538. The number of nitrogens with zero attached hydrogens (tertiary/aromatic N) is 1. The molecule has 1 heterocycles. The van der Waals surface area contributed by atoms with Gasteiger partial charge in [-0.2, -0.15) is 0 Å². The number of rotatable bonds is 3. The van der Waals surface area contributed by atoms with Crippen LogP contribution in [0.3, 0.4) is 0 Å². The molecule has 0 saturated heterocycles. The molecule has 3 N–H and O–H groups in total. The molecule has 1 rings (SSSR count). The number of aromatic nitrogens is 1. The van der Waals surface area contributed by atoms with E-state index in [1.165, 1.54) is 13.8 Å². The molecule has 118 valence electrons. The van der Waals surface area contributed by atoms with Gasteiger partial charge in [-0.15, -0.1) is 4.73 Å². The predicted molar refractivity (Wildman–Crippen MR) is 72.8 cm³/mol. The van der Waals surface area contributed by atoms with E-state index < -0.39 is 35.0 Å². The van der Waals surface area contributed by atoms with Gasteiger partial charge in [-0.05, 0) is 34.6 Å². The second-order valence-electron chi connectivity index (χ2n) is 5.97. The number of ether oxygens (including phenoxy) is 1. The number of amides is 1. The highest BCUT2D eigenvalue weighted by molar-refractivity contribution is 5.85. The first-order chi connectivity index (χ1) is 9.42. The van der Waals surface area contributed by atoms with Gasteiger partial charge in [0.25, 0.3) is 0 Å². The zero-order valence-electron chi connectivity index (χ0n) is 12.6. The fourth-order valence-electron chi connectivity index (χ4n) is 1.30. The molecule has 0 aliphatic carbocycles. The smallest absolute Gasteiger partial charge is 0.408 e. The molecule has 0 atom stereocenters. The quantitative estimate of drug-likeness (QED) is 0.772. The third-order valence-electron chi connectivity index (χ3n) is 2.30. The van der Waals surface area contributed by atoms with Crippen LogP contribution in [0.15, 0.2) is 12.1 Å². The molecule has 0 aromatic carbocycles. The third-order valence-corrected chi connectivity index (χ3v) is 2.30. The van der Waals surface area contributed by atoms with Crippen LogP contribution in [-0.4, -0.2) is 38.1 Å². The highest BCUT2D eigenvalue weighted by atomic mass is 16.7. The molecule has 0 bridgehead atoms. The minimum Gasteiger partial charge on any atom is -0.492 e. The van der Waals surface area contributed by atoms with Gasteiger partial charge in [-0.1, -0.05) is 0 Å². The van der Waals surface area contributed by atoms with E-state index in [4.69, 9.17) is 9.57 Å². The molecule has 0 saturated carbocycles. The summed E-state index contributed by atoms with van der Waals surface area (Å²) in [6.07, 6.45) is -0.787. The topological polar surface area (TPSA) is 110 Å². The number of aromatic hydroxyl groups is 2. The number of alkyl carbamates (subject to hydrolysis) is 1. The molecule has 0 unspecified atom stereocenters. The SMILES string of the molecule is CC(C)(C)OC(=O)NC(C)(C)C(=O)On1c(O)ccc1O. The van der Waals surface area contributed by atoms with E-state index in [9.17, 15) is 19.8 Å². The molecule has 21 heavy (non-hydrogen) atoms. The summed E-state index contributed by atoms with van der Waals surface area (Å²) in [5.41, 5.74) is -2.13. The first-order valence-corrected chi connectivity index (χ1v) is 6.26. The molecule has 8 nitrogen and oxygen atoms in total. The Morgan fingerprint density at radius 2 is 1.57 bits per heavy atom. The average Bonchev–Trinajstić information content (AvgIpc) is 2.57. The van der Waals surface area contributed by atoms with Crippen molar-refractivity contribution in [3.63, 3.8) is 0 Å². The molecule has 0 aliphatic heterocycles. The van der Waals surface area contributed by atoms with Crippen LogP contribution in [0.5, 0.6) is 11.8 Å². The first kappa shape index (κ1) is 16.7. The number of nitrogens with one attached hydrogen (secondary N) is 1. The summed E-state index contributed by atoms with van der Waals surface area (Å²) in [4.78, 5) is 28.5. The van der Waals surface area contributed by atoms with Crippen LogP contribution in [0, 0.1) is 0 Å². The standard InChI is InChI=1S/C13H20N2O6/c1-12(2,3)20-11(19)14-13(4,5)10(18)21-15-8(16)6-7-9(15)17/h6-7,16-17H,1-5H3,(H,14,19). The van der Waals surface area contributed by atoms with Crippen LogP contribution in [0.25, 0.3) is 0 Å². The lowest BCUT2D eigenvalue weighted by molar-refractivity contribution is -0.152. The van der Waals surface area contributed by atoms with E-state index >= 15 is 0 Å². The van der Waals surface area contributed by atoms with E-state index in [0.717, 1.165) is 12.1 Å². The Morgan fingerprint density at radius 3 is 2.00 bits per heavy atom. The Balaban J connectivity index is 2.74. The van der Waals surface area contributed by atoms with Crippen molar-refractivity contribution in [3.8, 4) is 11.8 Å². The van der Waals surface area contributed by atoms with Gasteiger partial charge in [0, 0.05) is 12.1 Å². The monoisotopic (exact) mass is 300 g/mol. The van der Waals surface area contributed by atoms with Gasteiger partial charge in [0.2, 0.25) is 11.8 Å². The van der Waals surface area contributed by atoms with Crippen molar-refractivity contribution in [1.82, 2.24) is 10.0 Å². The van der Waals surface area contributed by atoms with Crippen molar-refractivity contribution in [2.75, 3.05) is 0 Å². The van der Waals surface area contributed by atoms with Crippen molar-refractivity contribution >= 4 is 12.1 Å². The van der Waals surface area contributed by atoms with Crippen LogP contribution in [0.2, 0.25) is 0 Å². The van der Waals surface area contributed by atoms with Gasteiger partial charge in [0.15, 0.2) is 0 Å². The van der Waals surface area contributed by atoms with Crippen LogP contribution in [0.1, 0.15) is 34.6 Å². The third kappa shape index (κ3) is 4.59.